The van der Waals surface area contributed by atoms with Crippen LogP contribution >= 0.6 is 0 Å². The van der Waals surface area contributed by atoms with Crippen molar-refractivity contribution < 1.29 is 4.42 Å². The quantitative estimate of drug-likeness (QED) is 0.607. The molecule has 2 aliphatic rings. The normalized spacial score (nSPS) is 32.1. The minimum absolute atomic E-state index is 0.391. The summed E-state index contributed by atoms with van der Waals surface area (Å²) in [7, 11) is 0. The van der Waals surface area contributed by atoms with Crippen LogP contribution in [0, 0.1) is 16.7 Å². The molecule has 0 aliphatic heterocycles. The molecule has 0 aromatic carbocycles. The van der Waals surface area contributed by atoms with Crippen LogP contribution in [0.2, 0.25) is 0 Å². The second kappa shape index (κ2) is 5.34. The van der Waals surface area contributed by atoms with Gasteiger partial charge in [-0.3, -0.25) is 0 Å². The lowest BCUT2D eigenvalue weighted by Gasteiger charge is -2.50. The molecule has 1 heterocycles. The van der Waals surface area contributed by atoms with E-state index in [1.807, 2.05) is 11.8 Å². The molecule has 0 fully saturated rings. The summed E-state index contributed by atoms with van der Waals surface area (Å²) in [5.74, 6) is 0.803. The van der Waals surface area contributed by atoms with Crippen molar-refractivity contribution in [2.75, 3.05) is 0 Å². The van der Waals surface area contributed by atoms with Crippen molar-refractivity contribution in [3.8, 4) is 0 Å². The highest BCUT2D eigenvalue weighted by Gasteiger charge is 2.43. The molecule has 0 bridgehead atoms. The first kappa shape index (κ1) is 14.9. The van der Waals surface area contributed by atoms with Gasteiger partial charge in [-0.15, -0.1) is 0 Å². The van der Waals surface area contributed by atoms with Crippen LogP contribution < -0.4 is 0 Å². The molecule has 116 valence electrons. The summed E-state index contributed by atoms with van der Waals surface area (Å²) in [5, 5.41) is 0. The van der Waals surface area contributed by atoms with Crippen molar-refractivity contribution in [3.05, 3.63) is 35.3 Å². The van der Waals surface area contributed by atoms with Crippen molar-refractivity contribution >= 4 is 0 Å². The SMILES string of the molecule is C[C@H]1CCC2=C(CCCC2(C)C)[C@]1(C)CCc1ccoc1. The molecule has 0 saturated heterocycles. The smallest absolute Gasteiger partial charge is 0.0934 e. The van der Waals surface area contributed by atoms with Gasteiger partial charge in [-0.2, -0.15) is 0 Å². The second-order valence-electron chi connectivity index (χ2n) is 8.18. The van der Waals surface area contributed by atoms with Gasteiger partial charge in [0.1, 0.15) is 0 Å². The highest BCUT2D eigenvalue weighted by molar-refractivity contribution is 5.32. The fourth-order valence-corrected chi connectivity index (χ4v) is 4.75. The summed E-state index contributed by atoms with van der Waals surface area (Å²) in [6.45, 7) is 9.94. The first-order chi connectivity index (χ1) is 9.93. The Hall–Kier alpha value is -0.980. The van der Waals surface area contributed by atoms with Crippen LogP contribution in [0.5, 0.6) is 0 Å². The van der Waals surface area contributed by atoms with Gasteiger partial charge in [0.05, 0.1) is 12.5 Å². The molecule has 0 radical (unpaired) electrons. The van der Waals surface area contributed by atoms with Crippen molar-refractivity contribution in [2.24, 2.45) is 16.7 Å². The summed E-state index contributed by atoms with van der Waals surface area (Å²) in [6.07, 6.45) is 12.9. The average molecular weight is 286 g/mol. The number of hydrogen-bond donors (Lipinski definition) is 0. The zero-order valence-corrected chi connectivity index (χ0v) is 14.2. The molecule has 1 aromatic heterocycles. The number of aryl methyl sites for hydroxylation is 1. The van der Waals surface area contributed by atoms with Crippen LogP contribution in [-0.4, -0.2) is 0 Å². The fourth-order valence-electron chi connectivity index (χ4n) is 4.75. The molecule has 0 unspecified atom stereocenters. The van der Waals surface area contributed by atoms with Crippen molar-refractivity contribution in [1.82, 2.24) is 0 Å². The average Bonchev–Trinajstić information content (AvgIpc) is 2.94. The molecule has 0 N–H and O–H groups in total. The van der Waals surface area contributed by atoms with Gasteiger partial charge >= 0.3 is 0 Å². The lowest BCUT2D eigenvalue weighted by atomic mass is 9.55. The maximum Gasteiger partial charge on any atom is 0.0934 e. The Morgan fingerprint density at radius 3 is 2.71 bits per heavy atom. The number of hydrogen-bond acceptors (Lipinski definition) is 1. The van der Waals surface area contributed by atoms with Crippen LogP contribution in [0.15, 0.2) is 34.2 Å². The lowest BCUT2D eigenvalue weighted by Crippen LogP contribution is -2.38. The highest BCUT2D eigenvalue weighted by atomic mass is 16.3. The van der Waals surface area contributed by atoms with E-state index < -0.39 is 0 Å². The number of rotatable bonds is 3. The van der Waals surface area contributed by atoms with E-state index >= 15 is 0 Å². The third-order valence-electron chi connectivity index (χ3n) is 6.53. The topological polar surface area (TPSA) is 13.1 Å². The minimum atomic E-state index is 0.391. The van der Waals surface area contributed by atoms with E-state index in [0.29, 0.717) is 10.8 Å². The predicted octanol–water partition coefficient (Wildman–Crippen LogP) is 6.16. The fraction of sp³-hybridized carbons (Fsp3) is 0.700. The Labute approximate surface area is 129 Å². The van der Waals surface area contributed by atoms with E-state index in [4.69, 9.17) is 4.42 Å². The Balaban J connectivity index is 1.90. The van der Waals surface area contributed by atoms with Crippen LogP contribution in [0.4, 0.5) is 0 Å². The third kappa shape index (κ3) is 2.60. The summed E-state index contributed by atoms with van der Waals surface area (Å²) in [6, 6.07) is 2.12. The number of furan rings is 1. The van der Waals surface area contributed by atoms with Crippen LogP contribution in [0.1, 0.15) is 71.8 Å². The predicted molar refractivity (Wildman–Crippen MR) is 88.2 cm³/mol. The molecule has 1 nitrogen and oxygen atoms in total. The van der Waals surface area contributed by atoms with Gasteiger partial charge in [-0.05, 0) is 73.3 Å². The molecular weight excluding hydrogens is 256 g/mol. The zero-order valence-electron chi connectivity index (χ0n) is 14.2. The molecule has 2 atom stereocenters. The molecule has 2 aliphatic carbocycles. The monoisotopic (exact) mass is 286 g/mol. The largest absolute Gasteiger partial charge is 0.472 e. The zero-order chi connectivity index (χ0) is 15.1. The molecule has 0 amide bonds. The Kier molecular flexibility index (Phi) is 3.80. The van der Waals surface area contributed by atoms with Crippen molar-refractivity contribution in [3.63, 3.8) is 0 Å². The summed E-state index contributed by atoms with van der Waals surface area (Å²) in [4.78, 5) is 0. The summed E-state index contributed by atoms with van der Waals surface area (Å²) in [5.41, 5.74) is 5.81. The van der Waals surface area contributed by atoms with Gasteiger partial charge in [0.2, 0.25) is 0 Å². The molecule has 1 heteroatoms. The van der Waals surface area contributed by atoms with Gasteiger partial charge in [0.25, 0.3) is 0 Å². The highest BCUT2D eigenvalue weighted by Crippen LogP contribution is 2.56. The van der Waals surface area contributed by atoms with Crippen LogP contribution in [0.25, 0.3) is 0 Å². The first-order valence-electron chi connectivity index (χ1n) is 8.67. The van der Waals surface area contributed by atoms with Gasteiger partial charge in [-0.25, -0.2) is 0 Å². The van der Waals surface area contributed by atoms with Crippen molar-refractivity contribution in [2.45, 2.75) is 72.6 Å². The Bertz CT molecular complexity index is 520. The summed E-state index contributed by atoms with van der Waals surface area (Å²) >= 11 is 0. The van der Waals surface area contributed by atoms with E-state index in [1.54, 1.807) is 11.8 Å². The molecular formula is C20H30O. The maximum atomic E-state index is 5.24. The number of allylic oxidation sites excluding steroid dienone is 2. The first-order valence-corrected chi connectivity index (χ1v) is 8.67. The van der Waals surface area contributed by atoms with Gasteiger partial charge in [0.15, 0.2) is 0 Å². The molecule has 0 spiro atoms. The maximum absolute atomic E-state index is 5.24. The molecule has 3 rings (SSSR count). The van der Waals surface area contributed by atoms with Gasteiger partial charge in [0, 0.05) is 0 Å². The third-order valence-corrected chi connectivity index (χ3v) is 6.53. The Morgan fingerprint density at radius 2 is 2.00 bits per heavy atom. The standard InChI is InChI=1S/C20H30O/c1-15-7-8-17-18(6-5-11-19(17,2)3)20(15,4)12-9-16-10-13-21-14-16/h10,13-15H,5-9,11-12H2,1-4H3/t15-,20+/m0/s1. The van der Waals surface area contributed by atoms with Crippen LogP contribution in [-0.2, 0) is 6.42 Å². The van der Waals surface area contributed by atoms with E-state index in [1.165, 1.54) is 44.1 Å². The van der Waals surface area contributed by atoms with E-state index in [0.717, 1.165) is 12.3 Å². The second-order valence-corrected chi connectivity index (χ2v) is 8.18. The van der Waals surface area contributed by atoms with E-state index in [2.05, 4.69) is 33.8 Å². The molecule has 21 heavy (non-hydrogen) atoms. The van der Waals surface area contributed by atoms with Gasteiger partial charge in [-0.1, -0.05) is 38.8 Å². The van der Waals surface area contributed by atoms with Crippen LogP contribution in [0.3, 0.4) is 0 Å². The molecule has 0 saturated carbocycles. The Morgan fingerprint density at radius 1 is 1.19 bits per heavy atom. The van der Waals surface area contributed by atoms with E-state index in [9.17, 15) is 0 Å². The molecule has 1 aromatic rings. The van der Waals surface area contributed by atoms with Gasteiger partial charge < -0.3 is 4.42 Å². The van der Waals surface area contributed by atoms with Crippen molar-refractivity contribution in [1.29, 1.82) is 0 Å². The summed E-state index contributed by atoms with van der Waals surface area (Å²) < 4.78 is 5.24. The van der Waals surface area contributed by atoms with E-state index in [-0.39, 0.29) is 0 Å². The lowest BCUT2D eigenvalue weighted by molar-refractivity contribution is 0.169. The minimum Gasteiger partial charge on any atom is -0.472 e.